The number of carboxylic acids is 3. The first-order valence-electron chi connectivity index (χ1n) is 25.3. The predicted octanol–water partition coefficient (Wildman–Crippen LogP) is -4.77. The second kappa shape index (κ2) is 36.5. The number of carbonyl (C=O) groups is 11. The molecule has 0 unspecified atom stereocenters. The first-order valence-corrected chi connectivity index (χ1v) is 25.3. The zero-order valence-electron chi connectivity index (χ0n) is 43.8. The monoisotopic (exact) mass is 1090 g/mol. The van der Waals surface area contributed by atoms with Crippen molar-refractivity contribution in [1.82, 2.24) is 42.5 Å². The zero-order chi connectivity index (χ0) is 58.2. The Morgan fingerprint density at radius 3 is 1.49 bits per heavy atom. The summed E-state index contributed by atoms with van der Waals surface area (Å²) in [5.74, 6) is -13.0. The second-order valence-electron chi connectivity index (χ2n) is 18.7. The van der Waals surface area contributed by atoms with Crippen LogP contribution in [0.1, 0.15) is 103 Å². The van der Waals surface area contributed by atoms with E-state index < -0.39 is 145 Å². The molecule has 0 heterocycles. The molecule has 9 atom stereocenters. The van der Waals surface area contributed by atoms with Crippen molar-refractivity contribution in [3.05, 3.63) is 35.9 Å². The number of nitrogens with one attached hydrogen (secondary N) is 8. The average molecular weight is 1090 g/mol. The van der Waals surface area contributed by atoms with Crippen LogP contribution in [0.2, 0.25) is 0 Å². The number of rotatable bonds is 39. The van der Waals surface area contributed by atoms with Crippen LogP contribution in [0.4, 0.5) is 0 Å². The number of amides is 8. The van der Waals surface area contributed by atoms with Crippen molar-refractivity contribution in [2.45, 2.75) is 159 Å². The molecule has 0 bridgehead atoms. The molecule has 0 aromatic heterocycles. The molecule has 1 rings (SSSR count). The summed E-state index contributed by atoms with van der Waals surface area (Å²) in [5.41, 5.74) is 28.8. The van der Waals surface area contributed by atoms with E-state index in [-0.39, 0.29) is 50.5 Å². The summed E-state index contributed by atoms with van der Waals surface area (Å²) in [4.78, 5) is 148. The van der Waals surface area contributed by atoms with Crippen LogP contribution < -0.4 is 71.2 Å². The number of unbranched alkanes of at least 4 members (excludes halogenated alkanes) is 2. The van der Waals surface area contributed by atoms with Crippen molar-refractivity contribution >= 4 is 71.1 Å². The fourth-order valence-electron chi connectivity index (χ4n) is 7.36. The molecule has 432 valence electrons. The Hall–Kier alpha value is -7.50. The van der Waals surface area contributed by atoms with Crippen LogP contribution in [0.3, 0.4) is 0 Å². The summed E-state index contributed by atoms with van der Waals surface area (Å²) >= 11 is 0. The van der Waals surface area contributed by atoms with E-state index in [9.17, 15) is 73.2 Å². The molecule has 1 aromatic carbocycles. The van der Waals surface area contributed by atoms with Gasteiger partial charge in [-0.15, -0.1) is 0 Å². The van der Waals surface area contributed by atoms with Crippen LogP contribution in [-0.4, -0.2) is 172 Å². The number of aliphatic carboxylic acids is 3. The molecule has 0 radical (unpaired) electrons. The Morgan fingerprint density at radius 2 is 0.974 bits per heavy atom. The van der Waals surface area contributed by atoms with Gasteiger partial charge in [-0.2, -0.15) is 0 Å². The van der Waals surface area contributed by atoms with Crippen LogP contribution in [-0.2, 0) is 59.2 Å². The SMILES string of the molecule is CC(C)C[C@H](NC(=O)[C@H](CCC(=O)O)NC(=O)[C@H](CC(=O)O)NC(=O)[C@H](CO)NC(=O)[C@H](CCCN=C(N)N)NC(=O)[C@H](C)NC(=O)[C@H](Cc1ccccc1)NC(=O)[C@H](CCCCN)NC(=O)[C@@H](N)CCCCN)C(=O)O. The number of benzene rings is 1. The molecule has 77 heavy (non-hydrogen) atoms. The topological polar surface area (TPSA) is 507 Å². The second-order valence-corrected chi connectivity index (χ2v) is 18.7. The highest BCUT2D eigenvalue weighted by Gasteiger charge is 2.35. The summed E-state index contributed by atoms with van der Waals surface area (Å²) in [6.45, 7) is 4.13. The fourth-order valence-corrected chi connectivity index (χ4v) is 7.36. The Balaban J connectivity index is 3.41. The Morgan fingerprint density at radius 1 is 0.519 bits per heavy atom. The van der Waals surface area contributed by atoms with Gasteiger partial charge in [-0.1, -0.05) is 50.6 Å². The highest BCUT2D eigenvalue weighted by atomic mass is 16.4. The lowest BCUT2D eigenvalue weighted by Crippen LogP contribution is -2.61. The highest BCUT2D eigenvalue weighted by Crippen LogP contribution is 2.11. The first kappa shape index (κ1) is 67.5. The maximum absolute atomic E-state index is 14.0. The van der Waals surface area contributed by atoms with Crippen molar-refractivity contribution in [3.63, 3.8) is 0 Å². The van der Waals surface area contributed by atoms with Gasteiger partial charge in [0.1, 0.15) is 48.3 Å². The van der Waals surface area contributed by atoms with Crippen molar-refractivity contribution < 1.29 is 73.2 Å². The van der Waals surface area contributed by atoms with E-state index in [1.807, 2.05) is 0 Å². The van der Waals surface area contributed by atoms with Gasteiger partial charge < -0.3 is 91.6 Å². The number of aliphatic hydroxyl groups is 1. The summed E-state index contributed by atoms with van der Waals surface area (Å²) in [6, 6.07) is -4.94. The van der Waals surface area contributed by atoms with Crippen LogP contribution >= 0.6 is 0 Å². The number of carboxylic acid groups (broad SMARTS) is 3. The molecule has 0 spiro atoms. The minimum Gasteiger partial charge on any atom is -0.481 e. The van der Waals surface area contributed by atoms with Crippen LogP contribution in [0.5, 0.6) is 0 Å². The minimum absolute atomic E-state index is 0.0297. The van der Waals surface area contributed by atoms with E-state index in [4.69, 9.17) is 28.7 Å². The van der Waals surface area contributed by atoms with Crippen LogP contribution in [0.25, 0.3) is 0 Å². The Bertz CT molecular complexity index is 2150. The molecule has 0 aliphatic carbocycles. The molecular formula is C48H80N14O15. The highest BCUT2D eigenvalue weighted by molar-refractivity contribution is 5.99. The lowest BCUT2D eigenvalue weighted by Gasteiger charge is -2.27. The van der Waals surface area contributed by atoms with Gasteiger partial charge in [-0.3, -0.25) is 52.9 Å². The number of aliphatic imine (C=N–C) groups is 1. The molecule has 0 saturated carbocycles. The van der Waals surface area contributed by atoms with Crippen molar-refractivity contribution in [2.75, 3.05) is 26.2 Å². The van der Waals surface area contributed by atoms with Gasteiger partial charge in [0.2, 0.25) is 47.3 Å². The van der Waals surface area contributed by atoms with Crippen LogP contribution in [0, 0.1) is 5.92 Å². The first-order chi connectivity index (χ1) is 36.3. The average Bonchev–Trinajstić information content (AvgIpc) is 3.36. The predicted molar refractivity (Wildman–Crippen MR) is 278 cm³/mol. The van der Waals surface area contributed by atoms with Crippen molar-refractivity contribution in [1.29, 1.82) is 0 Å². The van der Waals surface area contributed by atoms with Gasteiger partial charge in [0, 0.05) is 19.4 Å². The maximum atomic E-state index is 14.0. The van der Waals surface area contributed by atoms with Gasteiger partial charge in [0.15, 0.2) is 5.96 Å². The third kappa shape index (κ3) is 27.7. The lowest BCUT2D eigenvalue weighted by molar-refractivity contribution is -0.144. The molecule has 1 aromatic rings. The molecular weight excluding hydrogens is 1010 g/mol. The number of hydrogen-bond acceptors (Lipinski definition) is 16. The summed E-state index contributed by atoms with van der Waals surface area (Å²) < 4.78 is 0. The Kier molecular flexibility index (Phi) is 32.0. The molecule has 22 N–H and O–H groups in total. The molecule has 0 aliphatic heterocycles. The van der Waals surface area contributed by atoms with Gasteiger partial charge in [0.25, 0.3) is 0 Å². The van der Waals surface area contributed by atoms with E-state index in [1.54, 1.807) is 44.2 Å². The molecule has 29 nitrogen and oxygen atoms in total. The van der Waals surface area contributed by atoms with Gasteiger partial charge in [-0.05, 0) is 89.3 Å². The molecule has 0 saturated heterocycles. The molecule has 8 amide bonds. The molecule has 0 aliphatic rings. The van der Waals surface area contributed by atoms with Gasteiger partial charge in [0.05, 0.1) is 19.1 Å². The van der Waals surface area contributed by atoms with Crippen molar-refractivity contribution in [2.24, 2.45) is 39.6 Å². The van der Waals surface area contributed by atoms with Crippen LogP contribution in [0.15, 0.2) is 35.3 Å². The number of nitrogens with two attached hydrogens (primary N) is 5. The third-order valence-electron chi connectivity index (χ3n) is 11.6. The smallest absolute Gasteiger partial charge is 0.326 e. The number of guanidine groups is 1. The van der Waals surface area contributed by atoms with E-state index in [0.717, 1.165) is 0 Å². The standard InChI is InChI=1S/C48H80N14O15/c1-26(2)22-35(47(76)77)61-43(72)32(17-18-37(64)65)58-45(74)34(24-38(66)67)60-46(75)36(25-63)62-42(71)31(16-11-21-54-48(52)53)56-39(68)27(3)55-44(73)33(23-28-12-5-4-6-13-28)59-41(70)30(15-8-10-20-50)57-40(69)29(51)14-7-9-19-49/h4-6,12-13,26-27,29-36,63H,7-11,14-25,49-51H2,1-3H3,(H,55,73)(H,56,68)(H,57,69)(H,58,74)(H,59,70)(H,60,75)(H,61,72)(H,62,71)(H,64,65)(H,66,67)(H,76,77)(H4,52,53,54)/t27-,29-,30-,31-,32-,33-,34-,35-,36-/m0/s1. The van der Waals surface area contributed by atoms with E-state index >= 15 is 0 Å². The quantitative estimate of drug-likeness (QED) is 0.0167. The molecule has 29 heteroatoms. The number of aliphatic hydroxyl groups excluding tert-OH is 1. The minimum atomic E-state index is -2.03. The zero-order valence-corrected chi connectivity index (χ0v) is 43.8. The normalized spacial score (nSPS) is 14.5. The number of carbonyl (C=O) groups excluding carboxylic acids is 8. The maximum Gasteiger partial charge on any atom is 0.326 e. The van der Waals surface area contributed by atoms with E-state index in [0.29, 0.717) is 50.8 Å². The molecule has 0 fully saturated rings. The summed E-state index contributed by atoms with van der Waals surface area (Å²) in [5, 5.41) is 57.8. The third-order valence-corrected chi connectivity index (χ3v) is 11.6. The Labute approximate surface area is 446 Å². The van der Waals surface area contributed by atoms with E-state index in [2.05, 4.69) is 47.5 Å². The number of nitrogens with zero attached hydrogens (tertiary/aromatic N) is 1. The summed E-state index contributed by atoms with van der Waals surface area (Å²) in [7, 11) is 0. The lowest BCUT2D eigenvalue weighted by atomic mass is 10.0. The van der Waals surface area contributed by atoms with E-state index in [1.165, 1.54) is 6.92 Å². The van der Waals surface area contributed by atoms with Crippen molar-refractivity contribution in [3.8, 4) is 0 Å². The fraction of sp³-hybridized carbons (Fsp3) is 0.625. The number of hydrogen-bond donors (Lipinski definition) is 17. The summed E-state index contributed by atoms with van der Waals surface area (Å²) in [6.07, 6.45) is -0.0976. The van der Waals surface area contributed by atoms with Gasteiger partial charge >= 0.3 is 17.9 Å². The largest absolute Gasteiger partial charge is 0.481 e. The van der Waals surface area contributed by atoms with Gasteiger partial charge in [-0.25, -0.2) is 4.79 Å².